The summed E-state index contributed by atoms with van der Waals surface area (Å²) in [5.41, 5.74) is 2.92. The summed E-state index contributed by atoms with van der Waals surface area (Å²) in [4.78, 5) is 24.4. The molecule has 0 aliphatic rings. The lowest BCUT2D eigenvalue weighted by atomic mass is 9.97. The van der Waals surface area contributed by atoms with Gasteiger partial charge in [0.25, 0.3) is 0 Å². The van der Waals surface area contributed by atoms with Crippen molar-refractivity contribution >= 4 is 17.4 Å². The second kappa shape index (κ2) is 9.55. The molecular formula is C24H23NO4. The SMILES string of the molecule is COC(=O)c1ccc(NC(CC(=O)c2ccccc2)c2ccc(OC)cc2)cc1. The molecule has 0 aliphatic heterocycles. The first-order valence-corrected chi connectivity index (χ1v) is 9.28. The van der Waals surface area contributed by atoms with E-state index < -0.39 is 0 Å². The van der Waals surface area contributed by atoms with E-state index in [9.17, 15) is 9.59 Å². The lowest BCUT2D eigenvalue weighted by Gasteiger charge is -2.20. The van der Waals surface area contributed by atoms with Crippen molar-refractivity contribution in [1.82, 2.24) is 0 Å². The predicted molar refractivity (Wildman–Crippen MR) is 113 cm³/mol. The summed E-state index contributed by atoms with van der Waals surface area (Å²) in [6, 6.07) is 23.6. The highest BCUT2D eigenvalue weighted by molar-refractivity contribution is 5.96. The van der Waals surface area contributed by atoms with Crippen molar-refractivity contribution in [2.75, 3.05) is 19.5 Å². The lowest BCUT2D eigenvalue weighted by molar-refractivity contribution is 0.0600. The number of nitrogens with one attached hydrogen (secondary N) is 1. The van der Waals surface area contributed by atoms with Gasteiger partial charge in [-0.1, -0.05) is 42.5 Å². The van der Waals surface area contributed by atoms with Crippen molar-refractivity contribution in [3.05, 3.63) is 95.6 Å². The predicted octanol–water partition coefficient (Wildman–Crippen LogP) is 4.91. The molecule has 0 aromatic heterocycles. The Morgan fingerprint density at radius 2 is 1.48 bits per heavy atom. The van der Waals surface area contributed by atoms with Crippen LogP contribution in [0.2, 0.25) is 0 Å². The molecule has 0 spiro atoms. The van der Waals surface area contributed by atoms with Gasteiger partial charge in [-0.05, 0) is 42.0 Å². The fourth-order valence-electron chi connectivity index (χ4n) is 3.04. The largest absolute Gasteiger partial charge is 0.497 e. The van der Waals surface area contributed by atoms with Gasteiger partial charge >= 0.3 is 5.97 Å². The molecule has 0 bridgehead atoms. The molecule has 0 radical (unpaired) electrons. The number of rotatable bonds is 8. The van der Waals surface area contributed by atoms with E-state index in [2.05, 4.69) is 5.32 Å². The summed E-state index contributed by atoms with van der Waals surface area (Å²) in [5, 5.41) is 3.40. The van der Waals surface area contributed by atoms with Crippen LogP contribution in [0.15, 0.2) is 78.9 Å². The molecule has 5 heteroatoms. The molecule has 5 nitrogen and oxygen atoms in total. The van der Waals surface area contributed by atoms with Crippen LogP contribution < -0.4 is 10.1 Å². The zero-order valence-electron chi connectivity index (χ0n) is 16.4. The zero-order valence-corrected chi connectivity index (χ0v) is 16.4. The fraction of sp³-hybridized carbons (Fsp3) is 0.167. The molecule has 3 rings (SSSR count). The number of esters is 1. The number of methoxy groups -OCH3 is 2. The molecular weight excluding hydrogens is 366 g/mol. The van der Waals surface area contributed by atoms with Crippen LogP contribution in [0.3, 0.4) is 0 Å². The standard InChI is InChI=1S/C24H23NO4/c1-28-21-14-10-17(11-15-21)22(16-23(26)18-6-4-3-5-7-18)25-20-12-8-19(9-13-20)24(27)29-2/h3-15,22,25H,16H2,1-2H3. The second-order valence-electron chi connectivity index (χ2n) is 6.53. The van der Waals surface area contributed by atoms with E-state index in [1.54, 1.807) is 31.4 Å². The molecule has 3 aromatic rings. The summed E-state index contributed by atoms with van der Waals surface area (Å²) < 4.78 is 9.97. The van der Waals surface area contributed by atoms with Crippen LogP contribution in [0.1, 0.15) is 38.7 Å². The maximum atomic E-state index is 12.8. The topological polar surface area (TPSA) is 64.6 Å². The van der Waals surface area contributed by atoms with Gasteiger partial charge in [0.05, 0.1) is 25.8 Å². The third-order valence-corrected chi connectivity index (χ3v) is 4.65. The molecule has 148 valence electrons. The summed E-state index contributed by atoms with van der Waals surface area (Å²) in [7, 11) is 2.97. The number of ketones is 1. The van der Waals surface area contributed by atoms with Gasteiger partial charge in [0.1, 0.15) is 5.75 Å². The summed E-state index contributed by atoms with van der Waals surface area (Å²) in [6.45, 7) is 0. The number of hydrogen-bond acceptors (Lipinski definition) is 5. The van der Waals surface area contributed by atoms with E-state index in [0.717, 1.165) is 17.0 Å². The Labute approximate surface area is 170 Å². The molecule has 1 N–H and O–H groups in total. The van der Waals surface area contributed by atoms with E-state index in [4.69, 9.17) is 9.47 Å². The molecule has 3 aromatic carbocycles. The average Bonchev–Trinajstić information content (AvgIpc) is 2.79. The van der Waals surface area contributed by atoms with Gasteiger partial charge < -0.3 is 14.8 Å². The Morgan fingerprint density at radius 3 is 2.07 bits per heavy atom. The maximum Gasteiger partial charge on any atom is 0.337 e. The zero-order chi connectivity index (χ0) is 20.6. The van der Waals surface area contributed by atoms with Crippen molar-refractivity contribution in [2.24, 2.45) is 0 Å². The normalized spacial score (nSPS) is 11.4. The van der Waals surface area contributed by atoms with E-state index in [-0.39, 0.29) is 24.2 Å². The quantitative estimate of drug-likeness (QED) is 0.438. The summed E-state index contributed by atoms with van der Waals surface area (Å²) in [6.07, 6.45) is 0.287. The molecule has 29 heavy (non-hydrogen) atoms. The molecule has 1 unspecified atom stereocenters. The minimum atomic E-state index is -0.387. The number of Topliss-reactive ketones (excluding diaryl/α,β-unsaturated/α-hetero) is 1. The number of hydrogen-bond donors (Lipinski definition) is 1. The Balaban J connectivity index is 1.83. The highest BCUT2D eigenvalue weighted by atomic mass is 16.5. The van der Waals surface area contributed by atoms with Crippen LogP contribution >= 0.6 is 0 Å². The molecule has 1 atom stereocenters. The molecule has 0 amide bonds. The Morgan fingerprint density at radius 1 is 0.828 bits per heavy atom. The average molecular weight is 389 g/mol. The molecule has 0 fully saturated rings. The monoisotopic (exact) mass is 389 g/mol. The lowest BCUT2D eigenvalue weighted by Crippen LogP contribution is -2.16. The van der Waals surface area contributed by atoms with E-state index in [1.807, 2.05) is 54.6 Å². The van der Waals surface area contributed by atoms with Crippen molar-refractivity contribution < 1.29 is 19.1 Å². The van der Waals surface area contributed by atoms with Gasteiger partial charge in [-0.3, -0.25) is 4.79 Å². The fourth-order valence-corrected chi connectivity index (χ4v) is 3.04. The van der Waals surface area contributed by atoms with Gasteiger partial charge in [-0.2, -0.15) is 0 Å². The van der Waals surface area contributed by atoms with Gasteiger partial charge in [0.15, 0.2) is 5.78 Å². The van der Waals surface area contributed by atoms with Gasteiger partial charge in [-0.15, -0.1) is 0 Å². The number of anilines is 1. The Bertz CT molecular complexity index is 950. The third-order valence-electron chi connectivity index (χ3n) is 4.65. The summed E-state index contributed by atoms with van der Waals surface area (Å²) in [5.74, 6) is 0.414. The van der Waals surface area contributed by atoms with Gasteiger partial charge in [0.2, 0.25) is 0 Å². The molecule has 0 saturated carbocycles. The minimum absolute atomic E-state index is 0.0464. The second-order valence-corrected chi connectivity index (χ2v) is 6.53. The van der Waals surface area contributed by atoms with Crippen molar-refractivity contribution in [1.29, 1.82) is 0 Å². The number of ether oxygens (including phenoxy) is 2. The number of carbonyl (C=O) groups is 2. The van der Waals surface area contributed by atoms with Gasteiger partial charge in [-0.25, -0.2) is 4.79 Å². The molecule has 0 saturated heterocycles. The first kappa shape index (κ1) is 20.1. The number of carbonyl (C=O) groups excluding carboxylic acids is 2. The summed E-state index contributed by atoms with van der Waals surface area (Å²) >= 11 is 0. The van der Waals surface area contributed by atoms with Gasteiger partial charge in [0, 0.05) is 17.7 Å². The Kier molecular flexibility index (Phi) is 6.63. The Hall–Kier alpha value is -3.60. The van der Waals surface area contributed by atoms with Crippen LogP contribution in [0.4, 0.5) is 5.69 Å². The smallest absolute Gasteiger partial charge is 0.337 e. The van der Waals surface area contributed by atoms with Crippen LogP contribution in [-0.2, 0) is 4.74 Å². The number of benzene rings is 3. The van der Waals surface area contributed by atoms with Crippen molar-refractivity contribution in [3.8, 4) is 5.75 Å². The van der Waals surface area contributed by atoms with Crippen LogP contribution in [0.25, 0.3) is 0 Å². The highest BCUT2D eigenvalue weighted by Gasteiger charge is 2.18. The van der Waals surface area contributed by atoms with Crippen LogP contribution in [0.5, 0.6) is 5.75 Å². The molecule has 0 heterocycles. The van der Waals surface area contributed by atoms with E-state index in [1.165, 1.54) is 7.11 Å². The van der Waals surface area contributed by atoms with Crippen LogP contribution in [-0.4, -0.2) is 26.0 Å². The van der Waals surface area contributed by atoms with Crippen molar-refractivity contribution in [2.45, 2.75) is 12.5 Å². The van der Waals surface area contributed by atoms with Crippen molar-refractivity contribution in [3.63, 3.8) is 0 Å². The van der Waals surface area contributed by atoms with Crippen LogP contribution in [0, 0.1) is 0 Å². The van der Waals surface area contributed by atoms with E-state index >= 15 is 0 Å². The third kappa shape index (κ3) is 5.23. The minimum Gasteiger partial charge on any atom is -0.497 e. The first-order chi connectivity index (χ1) is 14.1. The first-order valence-electron chi connectivity index (χ1n) is 9.28. The maximum absolute atomic E-state index is 12.8. The van der Waals surface area contributed by atoms with E-state index in [0.29, 0.717) is 11.1 Å². The highest BCUT2D eigenvalue weighted by Crippen LogP contribution is 2.26. The molecule has 0 aliphatic carbocycles.